The van der Waals surface area contributed by atoms with Crippen molar-refractivity contribution in [1.82, 2.24) is 5.48 Å². The van der Waals surface area contributed by atoms with Crippen molar-refractivity contribution in [2.24, 2.45) is 34.5 Å². The molecule has 0 aromatic rings. The van der Waals surface area contributed by atoms with Crippen molar-refractivity contribution in [1.29, 1.82) is 0 Å². The number of aliphatic hydroxyl groups is 1. The second-order valence-corrected chi connectivity index (χ2v) is 10.5. The molecule has 0 heterocycles. The lowest BCUT2D eigenvalue weighted by atomic mass is 9.44. The van der Waals surface area contributed by atoms with Crippen LogP contribution in [0, 0.1) is 34.5 Å². The highest BCUT2D eigenvalue weighted by atomic mass is 16.6. The first-order valence-electron chi connectivity index (χ1n) is 11.7. The zero-order valence-electron chi connectivity index (χ0n) is 18.7. The molecule has 7 nitrogen and oxygen atoms in total. The Bertz CT molecular complexity index is 808. The minimum Gasteiger partial charge on any atom is -0.452 e. The van der Waals surface area contributed by atoms with Gasteiger partial charge in [0, 0.05) is 18.8 Å². The Morgan fingerprint density at radius 1 is 1.23 bits per heavy atom. The van der Waals surface area contributed by atoms with Crippen LogP contribution in [-0.4, -0.2) is 40.2 Å². The molecule has 4 rings (SSSR count). The summed E-state index contributed by atoms with van der Waals surface area (Å²) < 4.78 is 5.53. The number of nitrogens with one attached hydrogen (secondary N) is 1. The van der Waals surface area contributed by atoms with E-state index in [0.717, 1.165) is 44.1 Å². The Morgan fingerprint density at radius 2 is 1.97 bits per heavy atom. The van der Waals surface area contributed by atoms with Crippen molar-refractivity contribution in [3.8, 4) is 0 Å². The van der Waals surface area contributed by atoms with Crippen LogP contribution in [0.1, 0.15) is 72.1 Å². The molecule has 0 bridgehead atoms. The van der Waals surface area contributed by atoms with E-state index in [0.29, 0.717) is 11.8 Å². The largest absolute Gasteiger partial charge is 0.452 e. The number of rotatable bonds is 4. The predicted molar refractivity (Wildman–Crippen MR) is 112 cm³/mol. The van der Waals surface area contributed by atoms with Crippen molar-refractivity contribution in [2.45, 2.75) is 84.3 Å². The lowest BCUT2D eigenvalue weighted by Crippen LogP contribution is -2.58. The molecule has 0 aromatic carbocycles. The fourth-order valence-electron chi connectivity index (χ4n) is 7.69. The van der Waals surface area contributed by atoms with E-state index in [-0.39, 0.29) is 36.1 Å². The minimum atomic E-state index is -1.21. The summed E-state index contributed by atoms with van der Waals surface area (Å²) in [6, 6.07) is 0. The van der Waals surface area contributed by atoms with Gasteiger partial charge < -0.3 is 9.84 Å². The fourth-order valence-corrected chi connectivity index (χ4v) is 7.69. The summed E-state index contributed by atoms with van der Waals surface area (Å²) in [5.41, 5.74) is 2.15. The lowest BCUT2D eigenvalue weighted by molar-refractivity contribution is -0.172. The quantitative estimate of drug-likeness (QED) is 0.357. The number of ketones is 1. The van der Waals surface area contributed by atoms with Gasteiger partial charge in [-0.2, -0.15) is 0 Å². The van der Waals surface area contributed by atoms with Gasteiger partial charge in [-0.15, -0.1) is 0 Å². The van der Waals surface area contributed by atoms with Gasteiger partial charge in [-0.1, -0.05) is 26.3 Å². The predicted octanol–water partition coefficient (Wildman–Crippen LogP) is 2.93. The van der Waals surface area contributed by atoms with Crippen LogP contribution in [0.3, 0.4) is 0 Å². The molecule has 4 aliphatic carbocycles. The molecule has 3 saturated carbocycles. The van der Waals surface area contributed by atoms with Crippen LogP contribution < -0.4 is 5.48 Å². The number of carbonyl (C=O) groups is 3. The molecule has 7 heteroatoms. The fraction of sp³-hybridized carbons (Fsp3) is 0.792. The third-order valence-electron chi connectivity index (χ3n) is 9.40. The van der Waals surface area contributed by atoms with E-state index < -0.39 is 29.3 Å². The van der Waals surface area contributed by atoms with Crippen molar-refractivity contribution in [3.63, 3.8) is 0 Å². The van der Waals surface area contributed by atoms with Gasteiger partial charge in [0.2, 0.25) is 0 Å². The second-order valence-electron chi connectivity index (χ2n) is 10.5. The lowest BCUT2D eigenvalue weighted by Gasteiger charge is -2.60. The zero-order valence-corrected chi connectivity index (χ0v) is 18.7. The average molecular weight is 434 g/mol. The summed E-state index contributed by atoms with van der Waals surface area (Å²) in [6.07, 6.45) is 5.89. The number of hydroxylamine groups is 1. The second kappa shape index (κ2) is 8.00. The van der Waals surface area contributed by atoms with Crippen LogP contribution in [0.25, 0.3) is 0 Å². The maximum Gasteiger partial charge on any atom is 0.306 e. The first-order chi connectivity index (χ1) is 14.7. The summed E-state index contributed by atoms with van der Waals surface area (Å²) in [5.74, 6) is -0.829. The van der Waals surface area contributed by atoms with Crippen molar-refractivity contribution < 1.29 is 29.4 Å². The zero-order chi connectivity index (χ0) is 22.6. The Kier molecular flexibility index (Phi) is 5.80. The Labute approximate surface area is 183 Å². The van der Waals surface area contributed by atoms with E-state index in [1.54, 1.807) is 18.5 Å². The van der Waals surface area contributed by atoms with Gasteiger partial charge in [-0.05, 0) is 73.2 Å². The molecule has 0 aromatic heterocycles. The number of ether oxygens (including phenoxy) is 1. The van der Waals surface area contributed by atoms with Gasteiger partial charge >= 0.3 is 5.97 Å². The maximum absolute atomic E-state index is 12.6. The highest BCUT2D eigenvalue weighted by Crippen LogP contribution is 2.66. The number of aliphatic hydroxyl groups excluding tert-OH is 1. The minimum absolute atomic E-state index is 0.0591. The number of hydrogen-bond acceptors (Lipinski definition) is 6. The first-order valence-corrected chi connectivity index (χ1v) is 11.7. The molecule has 4 aliphatic rings. The standard InChI is InChI=1S/C24H35NO6/c1-4-20(28)31-21(22(29)25-30)18-12-14(26)11-13-5-6-15-16-7-8-19(27)23(16,2)10-9-17(15)24(13,18)3/h11,15-19,21,27,30H,4-10,12H2,1-3H3,(H,25,29)/t15-,16-,17-,18?,19-,21?,23-,24-/m0/s1. The summed E-state index contributed by atoms with van der Waals surface area (Å²) in [5, 5.41) is 20.0. The van der Waals surface area contributed by atoms with E-state index in [1.807, 2.05) is 0 Å². The van der Waals surface area contributed by atoms with Crippen molar-refractivity contribution in [2.75, 3.05) is 0 Å². The van der Waals surface area contributed by atoms with Crippen LogP contribution in [0.15, 0.2) is 11.6 Å². The van der Waals surface area contributed by atoms with Crippen LogP contribution in [0.5, 0.6) is 0 Å². The van der Waals surface area contributed by atoms with Crippen LogP contribution in [-0.2, 0) is 19.1 Å². The van der Waals surface area contributed by atoms with E-state index >= 15 is 0 Å². The maximum atomic E-state index is 12.6. The Morgan fingerprint density at radius 3 is 2.65 bits per heavy atom. The molecule has 2 unspecified atom stereocenters. The summed E-state index contributed by atoms with van der Waals surface area (Å²) in [7, 11) is 0. The van der Waals surface area contributed by atoms with Crippen molar-refractivity contribution in [3.05, 3.63) is 11.6 Å². The van der Waals surface area contributed by atoms with Gasteiger partial charge in [0.15, 0.2) is 11.9 Å². The van der Waals surface area contributed by atoms with Crippen LogP contribution in [0.2, 0.25) is 0 Å². The molecule has 0 aliphatic heterocycles. The summed E-state index contributed by atoms with van der Waals surface area (Å²) >= 11 is 0. The van der Waals surface area contributed by atoms with Crippen LogP contribution >= 0.6 is 0 Å². The third-order valence-corrected chi connectivity index (χ3v) is 9.40. The van der Waals surface area contributed by atoms with E-state index in [9.17, 15) is 24.7 Å². The Hall–Kier alpha value is -1.73. The van der Waals surface area contributed by atoms with Crippen molar-refractivity contribution >= 4 is 17.7 Å². The van der Waals surface area contributed by atoms with Gasteiger partial charge in [0.05, 0.1) is 6.10 Å². The van der Waals surface area contributed by atoms with Crippen LogP contribution in [0.4, 0.5) is 0 Å². The number of fused-ring (bicyclic) bond motifs is 5. The molecule has 0 radical (unpaired) electrons. The number of carbonyl (C=O) groups excluding carboxylic acids is 3. The molecule has 31 heavy (non-hydrogen) atoms. The molecule has 172 valence electrons. The molecule has 3 fully saturated rings. The first kappa shape index (κ1) is 22.5. The topological polar surface area (TPSA) is 113 Å². The molecule has 8 atom stereocenters. The third kappa shape index (κ3) is 3.35. The van der Waals surface area contributed by atoms with Gasteiger partial charge in [0.1, 0.15) is 0 Å². The highest BCUT2D eigenvalue weighted by molar-refractivity contribution is 5.93. The molecule has 0 saturated heterocycles. The highest BCUT2D eigenvalue weighted by Gasteiger charge is 2.62. The number of esters is 1. The number of amides is 1. The van der Waals surface area contributed by atoms with E-state index in [4.69, 9.17) is 4.74 Å². The van der Waals surface area contributed by atoms with Gasteiger partial charge in [-0.25, -0.2) is 5.48 Å². The Balaban J connectivity index is 1.74. The molecule has 1 amide bonds. The molecular weight excluding hydrogens is 398 g/mol. The molecule has 3 N–H and O–H groups in total. The van der Waals surface area contributed by atoms with E-state index in [1.165, 1.54) is 0 Å². The summed E-state index contributed by atoms with van der Waals surface area (Å²) in [4.78, 5) is 37.4. The normalized spacial score (nSPS) is 42.5. The molecular formula is C24H35NO6. The number of hydrogen-bond donors (Lipinski definition) is 3. The monoisotopic (exact) mass is 433 g/mol. The summed E-state index contributed by atoms with van der Waals surface area (Å²) in [6.45, 7) is 5.99. The average Bonchev–Trinajstić information content (AvgIpc) is 3.06. The van der Waals surface area contributed by atoms with Gasteiger partial charge in [-0.3, -0.25) is 19.6 Å². The SMILES string of the molecule is CCC(=O)OC(C(=O)NO)C1CC(=O)C=C2CC[C@H]3[C@@H]4CC[C@H](O)[C@@]4(C)CC[C@@H]3[C@]21C. The van der Waals surface area contributed by atoms with E-state index in [2.05, 4.69) is 13.8 Å². The van der Waals surface area contributed by atoms with Gasteiger partial charge in [0.25, 0.3) is 5.91 Å². The number of allylic oxidation sites excluding steroid dienone is 1. The molecule has 0 spiro atoms. The smallest absolute Gasteiger partial charge is 0.306 e.